The Morgan fingerprint density at radius 2 is 1.79 bits per heavy atom. The van der Waals surface area contributed by atoms with Gasteiger partial charge in [0.25, 0.3) is 0 Å². The van der Waals surface area contributed by atoms with E-state index in [9.17, 15) is 13.2 Å². The van der Waals surface area contributed by atoms with Gasteiger partial charge in [-0.25, -0.2) is 8.42 Å². The predicted molar refractivity (Wildman–Crippen MR) is 93.7 cm³/mol. The van der Waals surface area contributed by atoms with Crippen molar-refractivity contribution in [3.05, 3.63) is 29.8 Å². The molecule has 0 aliphatic carbocycles. The molecule has 3 N–H and O–H groups in total. The summed E-state index contributed by atoms with van der Waals surface area (Å²) in [6.45, 7) is 5.57. The fourth-order valence-electron chi connectivity index (χ4n) is 2.79. The molecule has 2 rings (SSSR count). The fourth-order valence-corrected chi connectivity index (χ4v) is 4.31. The number of hydrogen-bond acceptors (Lipinski definition) is 4. The third-order valence-electron chi connectivity index (χ3n) is 4.16. The van der Waals surface area contributed by atoms with Crippen molar-refractivity contribution in [1.29, 1.82) is 0 Å². The van der Waals surface area contributed by atoms with Crippen LogP contribution in [-0.2, 0) is 21.4 Å². The van der Waals surface area contributed by atoms with Gasteiger partial charge >= 0.3 is 0 Å². The van der Waals surface area contributed by atoms with Gasteiger partial charge in [-0.1, -0.05) is 26.0 Å². The molecule has 1 heterocycles. The van der Waals surface area contributed by atoms with Crippen molar-refractivity contribution in [1.82, 2.24) is 9.62 Å². The maximum atomic E-state index is 12.4. The van der Waals surface area contributed by atoms with Crippen LogP contribution in [-0.4, -0.2) is 37.8 Å². The van der Waals surface area contributed by atoms with E-state index in [-0.39, 0.29) is 5.91 Å². The molecule has 1 aliphatic heterocycles. The third-order valence-corrected chi connectivity index (χ3v) is 6.07. The first-order valence-electron chi connectivity index (χ1n) is 8.43. The maximum absolute atomic E-state index is 12.4. The molecule has 1 aromatic carbocycles. The molecule has 0 unspecified atom stereocenters. The van der Waals surface area contributed by atoms with E-state index in [0.717, 1.165) is 18.4 Å². The molecule has 0 saturated carbocycles. The maximum Gasteiger partial charge on any atom is 0.243 e. The second kappa shape index (κ2) is 8.09. The molecule has 24 heavy (non-hydrogen) atoms. The summed E-state index contributed by atoms with van der Waals surface area (Å²) < 4.78 is 26.4. The molecule has 134 valence electrons. The van der Waals surface area contributed by atoms with Gasteiger partial charge in [0, 0.05) is 19.6 Å². The van der Waals surface area contributed by atoms with Crippen LogP contribution in [0.2, 0.25) is 0 Å². The van der Waals surface area contributed by atoms with Crippen LogP contribution >= 0.6 is 0 Å². The van der Waals surface area contributed by atoms with E-state index in [1.807, 2.05) is 13.8 Å². The minimum Gasteiger partial charge on any atom is -0.351 e. The molecule has 7 heteroatoms. The smallest absolute Gasteiger partial charge is 0.243 e. The van der Waals surface area contributed by atoms with Crippen molar-refractivity contribution in [3.63, 3.8) is 0 Å². The van der Waals surface area contributed by atoms with Crippen LogP contribution in [0.3, 0.4) is 0 Å². The second-order valence-corrected chi connectivity index (χ2v) is 8.65. The van der Waals surface area contributed by atoms with E-state index in [1.165, 1.54) is 4.31 Å². The lowest BCUT2D eigenvalue weighted by atomic mass is 10.0. The molecule has 0 spiro atoms. The predicted octanol–water partition coefficient (Wildman–Crippen LogP) is 1.46. The van der Waals surface area contributed by atoms with Gasteiger partial charge in [-0.3, -0.25) is 4.79 Å². The molecule has 1 aliphatic rings. The zero-order valence-electron chi connectivity index (χ0n) is 14.4. The summed E-state index contributed by atoms with van der Waals surface area (Å²) in [5, 5.41) is 2.79. The zero-order chi connectivity index (χ0) is 17.7. The van der Waals surface area contributed by atoms with Gasteiger partial charge < -0.3 is 11.1 Å². The first-order valence-corrected chi connectivity index (χ1v) is 9.87. The molecule has 0 radical (unpaired) electrons. The Balaban J connectivity index is 1.94. The number of benzene rings is 1. The Morgan fingerprint density at radius 3 is 2.33 bits per heavy atom. The van der Waals surface area contributed by atoms with Crippen LogP contribution in [0.25, 0.3) is 0 Å². The summed E-state index contributed by atoms with van der Waals surface area (Å²) >= 11 is 0. The van der Waals surface area contributed by atoms with E-state index in [0.29, 0.717) is 36.9 Å². The minimum absolute atomic E-state index is 0.183. The number of carbonyl (C=O) groups excluding carboxylic acids is 1. The van der Waals surface area contributed by atoms with Crippen molar-refractivity contribution in [2.24, 2.45) is 11.7 Å². The Hall–Kier alpha value is -1.44. The van der Waals surface area contributed by atoms with Crippen molar-refractivity contribution in [3.8, 4) is 0 Å². The van der Waals surface area contributed by atoms with Crippen LogP contribution in [0.5, 0.6) is 0 Å². The Bertz CT molecular complexity index is 650. The first-order chi connectivity index (χ1) is 11.3. The van der Waals surface area contributed by atoms with Crippen LogP contribution in [0.15, 0.2) is 29.2 Å². The van der Waals surface area contributed by atoms with Crippen molar-refractivity contribution in [2.75, 3.05) is 13.1 Å². The van der Waals surface area contributed by atoms with Crippen LogP contribution < -0.4 is 11.1 Å². The van der Waals surface area contributed by atoms with Crippen LogP contribution in [0.4, 0.5) is 0 Å². The van der Waals surface area contributed by atoms with Crippen LogP contribution in [0.1, 0.15) is 38.7 Å². The van der Waals surface area contributed by atoms with Gasteiger partial charge in [0.1, 0.15) is 0 Å². The van der Waals surface area contributed by atoms with E-state index in [4.69, 9.17) is 5.73 Å². The van der Waals surface area contributed by atoms with Gasteiger partial charge in [0.2, 0.25) is 15.9 Å². The molecule has 6 nitrogen and oxygen atoms in total. The normalized spacial score (nSPS) is 17.2. The summed E-state index contributed by atoms with van der Waals surface area (Å²) in [5.74, 6) is 0.179. The summed E-state index contributed by atoms with van der Waals surface area (Å²) in [4.78, 5) is 12.2. The number of hydrogen-bond donors (Lipinski definition) is 2. The highest BCUT2D eigenvalue weighted by Crippen LogP contribution is 2.21. The summed E-state index contributed by atoms with van der Waals surface area (Å²) in [7, 11) is -3.39. The highest BCUT2D eigenvalue weighted by Gasteiger charge is 2.26. The van der Waals surface area contributed by atoms with Gasteiger partial charge in [-0.05, 0) is 42.9 Å². The van der Waals surface area contributed by atoms with Gasteiger partial charge in [0.15, 0.2) is 0 Å². The zero-order valence-corrected chi connectivity index (χ0v) is 15.2. The topological polar surface area (TPSA) is 92.5 Å². The SMILES string of the molecule is CC(C)C[C@H](N)C(=O)NCc1ccc(S(=O)(=O)N2CCCC2)cc1. The molecule has 1 atom stereocenters. The van der Waals surface area contributed by atoms with Gasteiger partial charge in [0.05, 0.1) is 10.9 Å². The van der Waals surface area contributed by atoms with Crippen molar-refractivity contribution >= 4 is 15.9 Å². The molecule has 0 bridgehead atoms. The van der Waals surface area contributed by atoms with Crippen molar-refractivity contribution < 1.29 is 13.2 Å². The average Bonchev–Trinajstić information content (AvgIpc) is 3.07. The quantitative estimate of drug-likeness (QED) is 0.776. The lowest BCUT2D eigenvalue weighted by Gasteiger charge is -2.16. The highest BCUT2D eigenvalue weighted by atomic mass is 32.2. The lowest BCUT2D eigenvalue weighted by molar-refractivity contribution is -0.122. The second-order valence-electron chi connectivity index (χ2n) is 6.71. The largest absolute Gasteiger partial charge is 0.351 e. The van der Waals surface area contributed by atoms with E-state index in [1.54, 1.807) is 24.3 Å². The molecular formula is C17H27N3O3S. The van der Waals surface area contributed by atoms with E-state index >= 15 is 0 Å². The first kappa shape index (κ1) is 18.9. The van der Waals surface area contributed by atoms with E-state index < -0.39 is 16.1 Å². The molecular weight excluding hydrogens is 326 g/mol. The standard InChI is InChI=1S/C17H27N3O3S/c1-13(2)11-16(18)17(21)19-12-14-5-7-15(8-6-14)24(22,23)20-9-3-4-10-20/h5-8,13,16H,3-4,9-12,18H2,1-2H3,(H,19,21)/t16-/m0/s1. The molecule has 1 amide bonds. The van der Waals surface area contributed by atoms with Gasteiger partial charge in [-0.2, -0.15) is 4.31 Å². The Morgan fingerprint density at radius 1 is 1.21 bits per heavy atom. The molecule has 1 aromatic rings. The number of amides is 1. The Labute approximate surface area is 144 Å². The number of nitrogens with one attached hydrogen (secondary N) is 1. The van der Waals surface area contributed by atoms with Gasteiger partial charge in [-0.15, -0.1) is 0 Å². The third kappa shape index (κ3) is 4.78. The summed E-state index contributed by atoms with van der Waals surface area (Å²) in [6, 6.07) is 6.15. The molecule has 1 fully saturated rings. The highest BCUT2D eigenvalue weighted by molar-refractivity contribution is 7.89. The summed E-state index contributed by atoms with van der Waals surface area (Å²) in [5.41, 5.74) is 6.68. The molecule has 0 aromatic heterocycles. The minimum atomic E-state index is -3.39. The number of sulfonamides is 1. The molecule has 1 saturated heterocycles. The fraction of sp³-hybridized carbons (Fsp3) is 0.588. The monoisotopic (exact) mass is 353 g/mol. The lowest BCUT2D eigenvalue weighted by Crippen LogP contribution is -2.41. The van der Waals surface area contributed by atoms with E-state index in [2.05, 4.69) is 5.32 Å². The number of nitrogens with zero attached hydrogens (tertiary/aromatic N) is 1. The Kier molecular flexibility index (Phi) is 6.37. The van der Waals surface area contributed by atoms with Crippen molar-refractivity contribution in [2.45, 2.75) is 50.6 Å². The number of rotatable bonds is 7. The number of carbonyl (C=O) groups is 1. The number of nitrogens with two attached hydrogens (primary N) is 1. The summed E-state index contributed by atoms with van der Waals surface area (Å²) in [6.07, 6.45) is 2.47. The average molecular weight is 353 g/mol. The van der Waals surface area contributed by atoms with Crippen LogP contribution in [0, 0.1) is 5.92 Å².